The molecule has 1 amide bonds. The van der Waals surface area contributed by atoms with E-state index in [2.05, 4.69) is 15.3 Å². The molecule has 5 heteroatoms. The van der Waals surface area contributed by atoms with Gasteiger partial charge in [-0.1, -0.05) is 0 Å². The average molecular weight is 229 g/mol. The number of aromatic nitrogens is 2. The van der Waals surface area contributed by atoms with Crippen molar-refractivity contribution < 1.29 is 9.90 Å². The first-order valence-corrected chi connectivity index (χ1v) is 5.08. The summed E-state index contributed by atoms with van der Waals surface area (Å²) in [4.78, 5) is 19.4. The van der Waals surface area contributed by atoms with Gasteiger partial charge in [-0.25, -0.2) is 4.98 Å². The highest BCUT2D eigenvalue weighted by Gasteiger charge is 2.07. The molecule has 0 aliphatic carbocycles. The van der Waals surface area contributed by atoms with Crippen molar-refractivity contribution in [2.45, 2.75) is 6.42 Å². The summed E-state index contributed by atoms with van der Waals surface area (Å²) in [5, 5.41) is 12.0. The fraction of sp³-hybridized carbons (Fsp3) is 0.0833. The minimum Gasteiger partial charge on any atom is -0.504 e. The van der Waals surface area contributed by atoms with E-state index in [1.54, 1.807) is 30.6 Å². The summed E-state index contributed by atoms with van der Waals surface area (Å²) in [5.74, 6) is -0.104. The number of aromatic hydroxyl groups is 1. The average Bonchev–Trinajstić information content (AvgIpc) is 2.33. The molecule has 0 unspecified atom stereocenters. The standard InChI is InChI=1S/C12H11N3O2/c16-10-2-1-5-14-12(10)15-11(17)8-9-3-6-13-7-4-9/h1-7,16H,8H2,(H,14,15,17). The highest BCUT2D eigenvalue weighted by molar-refractivity contribution is 5.92. The molecule has 0 atom stereocenters. The lowest BCUT2D eigenvalue weighted by Gasteiger charge is -2.05. The maximum atomic E-state index is 11.7. The maximum absolute atomic E-state index is 11.7. The Balaban J connectivity index is 2.01. The second-order valence-electron chi connectivity index (χ2n) is 3.45. The molecule has 5 nitrogen and oxygen atoms in total. The first kappa shape index (κ1) is 11.1. The number of nitrogens with one attached hydrogen (secondary N) is 1. The molecule has 0 spiro atoms. The number of carbonyl (C=O) groups is 1. The quantitative estimate of drug-likeness (QED) is 0.833. The molecule has 0 aliphatic heterocycles. The topological polar surface area (TPSA) is 75.1 Å². The molecular weight excluding hydrogens is 218 g/mol. The van der Waals surface area contributed by atoms with Gasteiger partial charge >= 0.3 is 0 Å². The Morgan fingerprint density at radius 3 is 2.71 bits per heavy atom. The van der Waals surface area contributed by atoms with Crippen LogP contribution in [0.2, 0.25) is 0 Å². The van der Waals surface area contributed by atoms with Crippen LogP contribution in [0.5, 0.6) is 5.75 Å². The molecule has 0 fully saturated rings. The zero-order valence-electron chi connectivity index (χ0n) is 9.00. The van der Waals surface area contributed by atoms with E-state index in [0.29, 0.717) is 0 Å². The van der Waals surface area contributed by atoms with Crippen LogP contribution in [-0.4, -0.2) is 21.0 Å². The first-order valence-electron chi connectivity index (χ1n) is 5.08. The van der Waals surface area contributed by atoms with Crippen LogP contribution in [0, 0.1) is 0 Å². The van der Waals surface area contributed by atoms with E-state index in [9.17, 15) is 9.90 Å². The van der Waals surface area contributed by atoms with Crippen molar-refractivity contribution in [3.63, 3.8) is 0 Å². The van der Waals surface area contributed by atoms with Gasteiger partial charge in [-0.2, -0.15) is 0 Å². The third kappa shape index (κ3) is 3.01. The van der Waals surface area contributed by atoms with Crippen LogP contribution >= 0.6 is 0 Å². The molecule has 2 heterocycles. The van der Waals surface area contributed by atoms with Crippen molar-refractivity contribution in [2.24, 2.45) is 0 Å². The minimum atomic E-state index is -0.231. The van der Waals surface area contributed by atoms with Gasteiger partial charge in [-0.15, -0.1) is 0 Å². The van der Waals surface area contributed by atoms with Crippen LogP contribution in [-0.2, 0) is 11.2 Å². The summed E-state index contributed by atoms with van der Waals surface area (Å²) < 4.78 is 0. The Morgan fingerprint density at radius 2 is 2.00 bits per heavy atom. The van der Waals surface area contributed by atoms with Crippen molar-refractivity contribution in [1.82, 2.24) is 9.97 Å². The number of rotatable bonds is 3. The van der Waals surface area contributed by atoms with Crippen molar-refractivity contribution in [1.29, 1.82) is 0 Å². The second-order valence-corrected chi connectivity index (χ2v) is 3.45. The van der Waals surface area contributed by atoms with Crippen LogP contribution in [0.3, 0.4) is 0 Å². The number of carbonyl (C=O) groups excluding carboxylic acids is 1. The predicted molar refractivity (Wildman–Crippen MR) is 62.5 cm³/mol. The lowest BCUT2D eigenvalue weighted by Crippen LogP contribution is -2.15. The summed E-state index contributed by atoms with van der Waals surface area (Å²) in [6, 6.07) is 6.58. The van der Waals surface area contributed by atoms with E-state index < -0.39 is 0 Å². The fourth-order valence-electron chi connectivity index (χ4n) is 1.36. The predicted octanol–water partition coefficient (Wildman–Crippen LogP) is 1.36. The zero-order chi connectivity index (χ0) is 12.1. The van der Waals surface area contributed by atoms with Gasteiger partial charge in [-0.3, -0.25) is 9.78 Å². The van der Waals surface area contributed by atoms with E-state index in [1.807, 2.05) is 0 Å². The van der Waals surface area contributed by atoms with E-state index in [4.69, 9.17) is 0 Å². The van der Waals surface area contributed by atoms with E-state index >= 15 is 0 Å². The number of hydrogen-bond acceptors (Lipinski definition) is 4. The number of nitrogens with zero attached hydrogens (tertiary/aromatic N) is 2. The molecule has 2 aromatic heterocycles. The van der Waals surface area contributed by atoms with Gasteiger partial charge in [-0.05, 0) is 29.8 Å². The third-order valence-corrected chi connectivity index (χ3v) is 2.16. The minimum absolute atomic E-state index is 0.0458. The largest absolute Gasteiger partial charge is 0.504 e. The van der Waals surface area contributed by atoms with Gasteiger partial charge in [0.15, 0.2) is 11.6 Å². The highest BCUT2D eigenvalue weighted by Crippen LogP contribution is 2.18. The molecular formula is C12H11N3O2. The van der Waals surface area contributed by atoms with E-state index in [0.717, 1.165) is 5.56 Å². The highest BCUT2D eigenvalue weighted by atomic mass is 16.3. The molecule has 0 bridgehead atoms. The Bertz CT molecular complexity index is 514. The smallest absolute Gasteiger partial charge is 0.230 e. The summed E-state index contributed by atoms with van der Waals surface area (Å²) in [7, 11) is 0. The van der Waals surface area contributed by atoms with E-state index in [-0.39, 0.29) is 23.9 Å². The molecule has 2 aromatic rings. The van der Waals surface area contributed by atoms with Crippen molar-refractivity contribution in [3.05, 3.63) is 48.4 Å². The molecule has 0 radical (unpaired) electrons. The molecule has 17 heavy (non-hydrogen) atoms. The third-order valence-electron chi connectivity index (χ3n) is 2.16. The van der Waals surface area contributed by atoms with Gasteiger partial charge < -0.3 is 10.4 Å². The van der Waals surface area contributed by atoms with Gasteiger partial charge in [0.05, 0.1) is 6.42 Å². The summed E-state index contributed by atoms with van der Waals surface area (Å²) in [5.41, 5.74) is 0.855. The Morgan fingerprint density at radius 1 is 1.24 bits per heavy atom. The van der Waals surface area contributed by atoms with Gasteiger partial charge in [0, 0.05) is 18.6 Å². The van der Waals surface area contributed by atoms with Crippen molar-refractivity contribution in [3.8, 4) is 5.75 Å². The number of hydrogen-bond donors (Lipinski definition) is 2. The maximum Gasteiger partial charge on any atom is 0.230 e. The fourth-order valence-corrected chi connectivity index (χ4v) is 1.36. The summed E-state index contributed by atoms with van der Waals surface area (Å²) in [6.45, 7) is 0. The van der Waals surface area contributed by atoms with Crippen molar-refractivity contribution >= 4 is 11.7 Å². The van der Waals surface area contributed by atoms with Crippen LogP contribution in [0.1, 0.15) is 5.56 Å². The van der Waals surface area contributed by atoms with Gasteiger partial charge in [0.1, 0.15) is 0 Å². The summed E-state index contributed by atoms with van der Waals surface area (Å²) in [6.07, 6.45) is 4.97. The number of pyridine rings is 2. The summed E-state index contributed by atoms with van der Waals surface area (Å²) >= 11 is 0. The van der Waals surface area contributed by atoms with Gasteiger partial charge in [0.2, 0.25) is 5.91 Å². The molecule has 0 saturated carbocycles. The first-order chi connectivity index (χ1) is 8.25. The van der Waals surface area contributed by atoms with Crippen LogP contribution in [0.4, 0.5) is 5.82 Å². The van der Waals surface area contributed by atoms with Gasteiger partial charge in [0.25, 0.3) is 0 Å². The van der Waals surface area contributed by atoms with Crippen molar-refractivity contribution in [2.75, 3.05) is 5.32 Å². The molecule has 86 valence electrons. The SMILES string of the molecule is O=C(Cc1ccncc1)Nc1ncccc1O. The second kappa shape index (κ2) is 5.07. The lowest BCUT2D eigenvalue weighted by atomic mass is 10.2. The normalized spacial score (nSPS) is 9.88. The molecule has 2 rings (SSSR count). The Labute approximate surface area is 98.2 Å². The molecule has 0 saturated heterocycles. The number of amides is 1. The Kier molecular flexibility index (Phi) is 3.30. The lowest BCUT2D eigenvalue weighted by molar-refractivity contribution is -0.115. The molecule has 0 aromatic carbocycles. The Hall–Kier alpha value is -2.43. The molecule has 0 aliphatic rings. The number of anilines is 1. The molecule has 2 N–H and O–H groups in total. The van der Waals surface area contributed by atoms with Crippen LogP contribution in [0.25, 0.3) is 0 Å². The van der Waals surface area contributed by atoms with Crippen LogP contribution < -0.4 is 5.32 Å². The van der Waals surface area contributed by atoms with E-state index in [1.165, 1.54) is 12.3 Å². The zero-order valence-corrected chi connectivity index (χ0v) is 9.00. The monoisotopic (exact) mass is 229 g/mol. The van der Waals surface area contributed by atoms with Crippen LogP contribution in [0.15, 0.2) is 42.9 Å².